The maximum atomic E-state index is 5.29. The Morgan fingerprint density at radius 2 is 2.62 bits per heavy atom. The fourth-order valence-corrected chi connectivity index (χ4v) is 1.63. The summed E-state index contributed by atoms with van der Waals surface area (Å²) in [6.07, 6.45) is 6.18. The summed E-state index contributed by atoms with van der Waals surface area (Å²) in [5.74, 6) is 0. The average molecular weight is 177 g/mol. The number of ether oxygens (including phenoxy) is 1. The lowest BCUT2D eigenvalue weighted by molar-refractivity contribution is 0.121. The van der Waals surface area contributed by atoms with Crippen molar-refractivity contribution in [2.45, 2.75) is 12.5 Å². The van der Waals surface area contributed by atoms with Gasteiger partial charge in [-0.1, -0.05) is 0 Å². The quantitative estimate of drug-likeness (QED) is 0.676. The minimum absolute atomic E-state index is 0.369. The molecule has 1 aliphatic rings. The van der Waals surface area contributed by atoms with Gasteiger partial charge >= 0.3 is 0 Å². The average Bonchev–Trinajstić information content (AvgIpc) is 2.67. The summed E-state index contributed by atoms with van der Waals surface area (Å²) in [7, 11) is 1.77. The summed E-state index contributed by atoms with van der Waals surface area (Å²) in [6, 6.07) is 3.97. The molecule has 0 aromatic carbocycles. The minimum Gasteiger partial charge on any atom is -0.380 e. The third-order valence-electron chi connectivity index (χ3n) is 2.41. The summed E-state index contributed by atoms with van der Waals surface area (Å²) in [5, 5.41) is 0. The molecule has 3 nitrogen and oxygen atoms in total. The van der Waals surface area contributed by atoms with Crippen LogP contribution in [0.1, 0.15) is 6.42 Å². The van der Waals surface area contributed by atoms with E-state index in [1.807, 2.05) is 12.1 Å². The van der Waals surface area contributed by atoms with Crippen molar-refractivity contribution in [1.29, 1.82) is 0 Å². The molecule has 0 aliphatic carbocycles. The third-order valence-corrected chi connectivity index (χ3v) is 2.41. The summed E-state index contributed by atoms with van der Waals surface area (Å²) in [5.41, 5.74) is 1.07. The predicted octanol–water partition coefficient (Wildman–Crippen LogP) is 1.11. The molecule has 1 radical (unpaired) electrons. The smallest absolute Gasteiger partial charge is 0.114 e. The van der Waals surface area contributed by atoms with Crippen molar-refractivity contribution in [3.05, 3.63) is 24.5 Å². The molecular formula is C10H13N2O. The molecule has 1 unspecified atom stereocenters. The van der Waals surface area contributed by atoms with Gasteiger partial charge in [-0.15, -0.1) is 0 Å². The van der Waals surface area contributed by atoms with Crippen LogP contribution in [-0.2, 0) is 4.74 Å². The van der Waals surface area contributed by atoms with E-state index in [-0.39, 0.29) is 0 Å². The Morgan fingerprint density at radius 3 is 3.23 bits per heavy atom. The molecule has 2 heterocycles. The van der Waals surface area contributed by atoms with Gasteiger partial charge in [0.15, 0.2) is 0 Å². The molecule has 3 heteroatoms. The van der Waals surface area contributed by atoms with Crippen LogP contribution in [0.25, 0.3) is 0 Å². The van der Waals surface area contributed by atoms with Gasteiger partial charge in [-0.05, 0) is 18.6 Å². The molecule has 0 N–H and O–H groups in total. The Morgan fingerprint density at radius 1 is 1.69 bits per heavy atom. The molecule has 0 bridgehead atoms. The van der Waals surface area contributed by atoms with Crippen LogP contribution >= 0.6 is 0 Å². The number of hydrogen-bond donors (Lipinski definition) is 0. The molecule has 0 spiro atoms. The molecular weight excluding hydrogens is 164 g/mol. The molecule has 1 saturated heterocycles. The number of hydrogen-bond acceptors (Lipinski definition) is 3. The number of aromatic nitrogens is 1. The Hall–Kier alpha value is -1.09. The topological polar surface area (TPSA) is 25.4 Å². The largest absolute Gasteiger partial charge is 0.380 e. The summed E-state index contributed by atoms with van der Waals surface area (Å²) in [6.45, 7) is 2.00. The van der Waals surface area contributed by atoms with Crippen LogP contribution in [0.15, 0.2) is 18.3 Å². The monoisotopic (exact) mass is 177 g/mol. The van der Waals surface area contributed by atoms with Gasteiger partial charge in [0.05, 0.1) is 11.8 Å². The van der Waals surface area contributed by atoms with Crippen LogP contribution < -0.4 is 4.90 Å². The van der Waals surface area contributed by atoms with E-state index in [0.717, 1.165) is 25.2 Å². The van der Waals surface area contributed by atoms with Crippen LogP contribution in [0.3, 0.4) is 0 Å². The van der Waals surface area contributed by atoms with Crippen molar-refractivity contribution in [2.75, 3.05) is 25.1 Å². The Kier molecular flexibility index (Phi) is 2.45. The lowest BCUT2D eigenvalue weighted by Gasteiger charge is -2.16. The van der Waals surface area contributed by atoms with Gasteiger partial charge in [-0.3, -0.25) is 4.98 Å². The van der Waals surface area contributed by atoms with Crippen LogP contribution in [0, 0.1) is 6.20 Å². The van der Waals surface area contributed by atoms with Crippen molar-refractivity contribution < 1.29 is 4.74 Å². The number of methoxy groups -OCH3 is 1. The molecule has 2 rings (SSSR count). The highest BCUT2D eigenvalue weighted by molar-refractivity contribution is 5.43. The van der Waals surface area contributed by atoms with Crippen LogP contribution in [0.2, 0.25) is 0 Å². The first-order valence-electron chi connectivity index (χ1n) is 4.50. The zero-order valence-corrected chi connectivity index (χ0v) is 7.73. The van der Waals surface area contributed by atoms with Gasteiger partial charge in [0, 0.05) is 26.4 Å². The van der Waals surface area contributed by atoms with E-state index in [0.29, 0.717) is 6.10 Å². The van der Waals surface area contributed by atoms with E-state index in [1.54, 1.807) is 13.3 Å². The van der Waals surface area contributed by atoms with Gasteiger partial charge < -0.3 is 9.64 Å². The Balaban J connectivity index is 2.04. The predicted molar refractivity (Wildman–Crippen MR) is 50.7 cm³/mol. The summed E-state index contributed by atoms with van der Waals surface area (Å²) < 4.78 is 5.29. The zero-order chi connectivity index (χ0) is 9.10. The number of rotatable bonds is 2. The van der Waals surface area contributed by atoms with E-state index < -0.39 is 0 Å². The molecule has 1 atom stereocenters. The molecule has 0 amide bonds. The second-order valence-electron chi connectivity index (χ2n) is 3.23. The van der Waals surface area contributed by atoms with Crippen molar-refractivity contribution in [3.8, 4) is 0 Å². The van der Waals surface area contributed by atoms with Gasteiger partial charge in [0.25, 0.3) is 0 Å². The van der Waals surface area contributed by atoms with Gasteiger partial charge in [0.2, 0.25) is 0 Å². The second-order valence-corrected chi connectivity index (χ2v) is 3.23. The van der Waals surface area contributed by atoms with Crippen LogP contribution in [0.5, 0.6) is 0 Å². The molecule has 1 aliphatic heterocycles. The summed E-state index contributed by atoms with van der Waals surface area (Å²) >= 11 is 0. The van der Waals surface area contributed by atoms with Crippen molar-refractivity contribution in [3.63, 3.8) is 0 Å². The Bertz CT molecular complexity index is 263. The second kappa shape index (κ2) is 3.75. The first-order valence-corrected chi connectivity index (χ1v) is 4.50. The van der Waals surface area contributed by atoms with E-state index in [4.69, 9.17) is 4.74 Å². The first-order chi connectivity index (χ1) is 6.40. The number of pyridine rings is 1. The highest BCUT2D eigenvalue weighted by Crippen LogP contribution is 2.19. The minimum atomic E-state index is 0.369. The zero-order valence-electron chi connectivity index (χ0n) is 7.73. The van der Waals surface area contributed by atoms with Gasteiger partial charge in [0.1, 0.15) is 6.20 Å². The number of nitrogens with zero attached hydrogens (tertiary/aromatic N) is 2. The maximum Gasteiger partial charge on any atom is 0.114 e. The maximum absolute atomic E-state index is 5.29. The summed E-state index contributed by atoms with van der Waals surface area (Å²) in [4.78, 5) is 6.22. The molecule has 69 valence electrons. The highest BCUT2D eigenvalue weighted by Gasteiger charge is 2.22. The van der Waals surface area contributed by atoms with E-state index in [1.165, 1.54) is 0 Å². The van der Waals surface area contributed by atoms with Crippen molar-refractivity contribution in [2.24, 2.45) is 0 Å². The number of anilines is 1. The fraction of sp³-hybridized carbons (Fsp3) is 0.500. The van der Waals surface area contributed by atoms with E-state index >= 15 is 0 Å². The lowest BCUT2D eigenvalue weighted by atomic mass is 10.3. The van der Waals surface area contributed by atoms with Crippen molar-refractivity contribution in [1.82, 2.24) is 4.98 Å². The standard InChI is InChI=1S/C10H13N2O/c1-13-10-4-6-12(8-10)9-3-2-5-11-7-9/h2-3,5,10H,4,6,8H2,1H3. The van der Waals surface area contributed by atoms with Crippen molar-refractivity contribution >= 4 is 5.69 Å². The Labute approximate surface area is 78.3 Å². The normalized spacial score (nSPS) is 22.2. The lowest BCUT2D eigenvalue weighted by Crippen LogP contribution is -2.22. The SMILES string of the molecule is COC1CCN(c2[c]nccc2)C1. The molecule has 13 heavy (non-hydrogen) atoms. The third kappa shape index (κ3) is 1.80. The molecule has 0 saturated carbocycles. The fourth-order valence-electron chi connectivity index (χ4n) is 1.63. The highest BCUT2D eigenvalue weighted by atomic mass is 16.5. The molecule has 1 aromatic heterocycles. The van der Waals surface area contributed by atoms with Crippen LogP contribution in [-0.4, -0.2) is 31.3 Å². The van der Waals surface area contributed by atoms with E-state index in [9.17, 15) is 0 Å². The first kappa shape index (κ1) is 8.51. The van der Waals surface area contributed by atoms with E-state index in [2.05, 4.69) is 16.1 Å². The molecule has 1 aromatic rings. The molecule has 1 fully saturated rings. The van der Waals surface area contributed by atoms with Gasteiger partial charge in [-0.25, -0.2) is 0 Å². The van der Waals surface area contributed by atoms with Crippen LogP contribution in [0.4, 0.5) is 5.69 Å². The van der Waals surface area contributed by atoms with Gasteiger partial charge in [-0.2, -0.15) is 0 Å².